The molecule has 194 valence electrons. The lowest BCUT2D eigenvalue weighted by Crippen LogP contribution is -2.43. The summed E-state index contributed by atoms with van der Waals surface area (Å²) < 4.78 is 38.5. The molecule has 3 amide bonds. The van der Waals surface area contributed by atoms with Crippen molar-refractivity contribution in [2.75, 3.05) is 39.3 Å². The number of halogens is 3. The Balaban J connectivity index is 1.33. The normalized spacial score (nSPS) is 19.7. The summed E-state index contributed by atoms with van der Waals surface area (Å²) in [5.74, 6) is -0.212. The quantitative estimate of drug-likeness (QED) is 0.580. The van der Waals surface area contributed by atoms with Gasteiger partial charge >= 0.3 is 6.18 Å². The van der Waals surface area contributed by atoms with Crippen LogP contribution in [-0.4, -0.2) is 72.8 Å². The summed E-state index contributed by atoms with van der Waals surface area (Å²) in [6.45, 7) is 7.78. The van der Waals surface area contributed by atoms with Crippen molar-refractivity contribution in [2.24, 2.45) is 11.8 Å². The number of nitrogens with zero attached hydrogens (tertiary/aromatic N) is 2. The number of benzene rings is 1. The zero-order chi connectivity index (χ0) is 25.6. The third-order valence-electron chi connectivity index (χ3n) is 6.77. The number of hydrogen-bond donors (Lipinski definition) is 2. The molecule has 0 radical (unpaired) electrons. The van der Waals surface area contributed by atoms with E-state index in [4.69, 9.17) is 0 Å². The molecule has 1 aromatic carbocycles. The van der Waals surface area contributed by atoms with Crippen LogP contribution in [-0.2, 0) is 15.8 Å². The predicted octanol–water partition coefficient (Wildman–Crippen LogP) is 2.91. The Hall–Kier alpha value is -2.62. The second-order valence-corrected chi connectivity index (χ2v) is 9.83. The highest BCUT2D eigenvalue weighted by molar-refractivity contribution is 5.96. The molecule has 0 saturated carbocycles. The lowest BCUT2D eigenvalue weighted by Gasteiger charge is -2.33. The fraction of sp³-hybridized carbons (Fsp3) is 0.640. The van der Waals surface area contributed by atoms with Gasteiger partial charge < -0.3 is 20.4 Å². The molecule has 2 aliphatic rings. The van der Waals surface area contributed by atoms with Crippen LogP contribution in [0.3, 0.4) is 0 Å². The lowest BCUT2D eigenvalue weighted by molar-refractivity contribution is -0.137. The number of rotatable bonds is 8. The summed E-state index contributed by atoms with van der Waals surface area (Å²) in [5, 5.41) is 5.29. The molecule has 35 heavy (non-hydrogen) atoms. The van der Waals surface area contributed by atoms with Crippen molar-refractivity contribution in [3.05, 3.63) is 35.4 Å². The molecule has 2 aliphatic heterocycles. The Morgan fingerprint density at radius 2 is 1.80 bits per heavy atom. The van der Waals surface area contributed by atoms with Gasteiger partial charge in [-0.25, -0.2) is 0 Å². The molecular weight excluding hydrogens is 461 g/mol. The van der Waals surface area contributed by atoms with E-state index in [1.165, 1.54) is 12.1 Å². The molecule has 2 heterocycles. The van der Waals surface area contributed by atoms with Crippen molar-refractivity contribution in [3.8, 4) is 0 Å². The first-order valence-corrected chi connectivity index (χ1v) is 12.3. The van der Waals surface area contributed by atoms with Crippen LogP contribution in [0, 0.1) is 11.8 Å². The standard InChI is InChI=1S/C25H35F3N4O3/c1-17(2)24(35)32-12-7-18(8-13-32)6-10-31-11-9-21(16-31)30-22(33)15-29-23(34)19-4-3-5-20(14-19)25(26,27)28/h3-5,14,17-18,21H,6-13,15-16H2,1-2H3,(H,29,34)(H,30,33)/t21-/m1/s1. The smallest absolute Gasteiger partial charge is 0.350 e. The summed E-state index contributed by atoms with van der Waals surface area (Å²) in [4.78, 5) is 40.8. The van der Waals surface area contributed by atoms with E-state index < -0.39 is 17.6 Å². The highest BCUT2D eigenvalue weighted by Crippen LogP contribution is 2.29. The fourth-order valence-electron chi connectivity index (χ4n) is 4.70. The maximum absolute atomic E-state index is 12.8. The van der Waals surface area contributed by atoms with E-state index in [0.717, 1.165) is 70.5 Å². The minimum absolute atomic E-state index is 0.0153. The molecule has 0 unspecified atom stereocenters. The fourth-order valence-corrected chi connectivity index (χ4v) is 4.70. The molecule has 1 atom stereocenters. The average Bonchev–Trinajstić information content (AvgIpc) is 3.27. The molecule has 2 N–H and O–H groups in total. The molecule has 1 aromatic rings. The highest BCUT2D eigenvalue weighted by Gasteiger charge is 2.31. The Labute approximate surface area is 204 Å². The van der Waals surface area contributed by atoms with Gasteiger partial charge in [0.15, 0.2) is 0 Å². The number of hydrogen-bond acceptors (Lipinski definition) is 4. The first kappa shape index (κ1) is 27.0. The van der Waals surface area contributed by atoms with Crippen molar-refractivity contribution >= 4 is 17.7 Å². The molecule has 0 aliphatic carbocycles. The summed E-state index contributed by atoms with van der Waals surface area (Å²) in [5.41, 5.74) is -1.05. The molecule has 2 fully saturated rings. The molecule has 3 rings (SSSR count). The third-order valence-corrected chi connectivity index (χ3v) is 6.77. The highest BCUT2D eigenvalue weighted by atomic mass is 19.4. The zero-order valence-corrected chi connectivity index (χ0v) is 20.4. The molecule has 7 nitrogen and oxygen atoms in total. The van der Waals surface area contributed by atoms with Crippen molar-refractivity contribution in [1.29, 1.82) is 0 Å². The van der Waals surface area contributed by atoms with Gasteiger partial charge in [0.1, 0.15) is 0 Å². The second-order valence-electron chi connectivity index (χ2n) is 9.83. The molecular formula is C25H35F3N4O3. The minimum atomic E-state index is -4.54. The van der Waals surface area contributed by atoms with Crippen LogP contribution in [0.25, 0.3) is 0 Å². The van der Waals surface area contributed by atoms with E-state index in [1.54, 1.807) is 0 Å². The van der Waals surface area contributed by atoms with Crippen LogP contribution in [0.2, 0.25) is 0 Å². The Morgan fingerprint density at radius 3 is 2.46 bits per heavy atom. The molecule has 2 saturated heterocycles. The Morgan fingerprint density at radius 1 is 1.09 bits per heavy atom. The van der Waals surface area contributed by atoms with Crippen LogP contribution in [0.4, 0.5) is 13.2 Å². The number of carbonyl (C=O) groups is 3. The zero-order valence-electron chi connectivity index (χ0n) is 20.4. The van der Waals surface area contributed by atoms with E-state index in [2.05, 4.69) is 15.5 Å². The number of carbonyl (C=O) groups excluding carboxylic acids is 3. The van der Waals surface area contributed by atoms with E-state index in [0.29, 0.717) is 5.92 Å². The van der Waals surface area contributed by atoms with Gasteiger partial charge in [0.2, 0.25) is 11.8 Å². The average molecular weight is 497 g/mol. The van der Waals surface area contributed by atoms with Crippen molar-refractivity contribution in [2.45, 2.75) is 51.7 Å². The van der Waals surface area contributed by atoms with E-state index in [-0.39, 0.29) is 35.9 Å². The summed E-state index contributed by atoms with van der Waals surface area (Å²) in [6, 6.07) is 4.10. The lowest BCUT2D eigenvalue weighted by atomic mass is 9.93. The largest absolute Gasteiger partial charge is 0.416 e. The van der Waals surface area contributed by atoms with E-state index in [1.807, 2.05) is 18.7 Å². The van der Waals surface area contributed by atoms with Crippen LogP contribution >= 0.6 is 0 Å². The summed E-state index contributed by atoms with van der Waals surface area (Å²) in [7, 11) is 0. The van der Waals surface area contributed by atoms with Crippen LogP contribution in [0.5, 0.6) is 0 Å². The molecule has 0 spiro atoms. The molecule has 0 aromatic heterocycles. The minimum Gasteiger partial charge on any atom is -0.350 e. The molecule has 10 heteroatoms. The monoisotopic (exact) mass is 496 g/mol. The van der Waals surface area contributed by atoms with Crippen LogP contribution < -0.4 is 10.6 Å². The third kappa shape index (κ3) is 7.95. The Kier molecular flexibility index (Phi) is 9.15. The van der Waals surface area contributed by atoms with E-state index in [9.17, 15) is 27.6 Å². The topological polar surface area (TPSA) is 81.8 Å². The van der Waals surface area contributed by atoms with Gasteiger partial charge in [0.05, 0.1) is 12.1 Å². The number of piperidine rings is 1. The number of amides is 3. The van der Waals surface area contributed by atoms with Gasteiger partial charge in [0, 0.05) is 43.7 Å². The maximum atomic E-state index is 12.8. The number of alkyl halides is 3. The second kappa shape index (κ2) is 11.9. The van der Waals surface area contributed by atoms with Crippen LogP contribution in [0.1, 0.15) is 55.5 Å². The van der Waals surface area contributed by atoms with Gasteiger partial charge in [-0.1, -0.05) is 19.9 Å². The van der Waals surface area contributed by atoms with Gasteiger partial charge in [0.25, 0.3) is 5.91 Å². The SMILES string of the molecule is CC(C)C(=O)N1CCC(CCN2CC[C@@H](NC(=O)CNC(=O)c3cccc(C(F)(F)F)c3)C2)CC1. The first-order valence-electron chi connectivity index (χ1n) is 12.3. The predicted molar refractivity (Wildman–Crippen MR) is 126 cm³/mol. The first-order chi connectivity index (χ1) is 16.5. The van der Waals surface area contributed by atoms with Crippen molar-refractivity contribution in [1.82, 2.24) is 20.4 Å². The number of nitrogens with one attached hydrogen (secondary N) is 2. The van der Waals surface area contributed by atoms with Gasteiger partial charge in [-0.05, 0) is 56.3 Å². The van der Waals surface area contributed by atoms with Crippen molar-refractivity contribution < 1.29 is 27.6 Å². The number of likely N-dealkylation sites (tertiary alicyclic amines) is 2. The Bertz CT molecular complexity index is 898. The van der Waals surface area contributed by atoms with Crippen LogP contribution in [0.15, 0.2) is 24.3 Å². The van der Waals surface area contributed by atoms with Crippen molar-refractivity contribution in [3.63, 3.8) is 0 Å². The maximum Gasteiger partial charge on any atom is 0.416 e. The van der Waals surface area contributed by atoms with Gasteiger partial charge in [-0.2, -0.15) is 13.2 Å². The summed E-state index contributed by atoms with van der Waals surface area (Å²) >= 11 is 0. The summed E-state index contributed by atoms with van der Waals surface area (Å²) in [6.07, 6.45) is -0.603. The van der Waals surface area contributed by atoms with E-state index >= 15 is 0 Å². The van der Waals surface area contributed by atoms with Gasteiger partial charge in [-0.3, -0.25) is 14.4 Å². The van der Waals surface area contributed by atoms with Gasteiger partial charge in [-0.15, -0.1) is 0 Å². The molecule has 0 bridgehead atoms.